The Kier molecular flexibility index (Phi) is 5.52. The van der Waals surface area contributed by atoms with Crippen molar-refractivity contribution in [3.05, 3.63) is 33.7 Å². The maximum Gasteiger partial charge on any atom is 0.410 e. The van der Waals surface area contributed by atoms with E-state index < -0.39 is 17.6 Å². The second-order valence-electron chi connectivity index (χ2n) is 11.4. The van der Waals surface area contributed by atoms with E-state index in [1.165, 1.54) is 4.90 Å². The average Bonchev–Trinajstić information content (AvgIpc) is 3.08. The molecular formula is C25H32N4O6. The van der Waals surface area contributed by atoms with E-state index in [9.17, 15) is 24.0 Å². The van der Waals surface area contributed by atoms with Crippen molar-refractivity contribution in [2.75, 3.05) is 13.1 Å². The first-order chi connectivity index (χ1) is 16.5. The van der Waals surface area contributed by atoms with E-state index in [2.05, 4.69) is 5.32 Å². The molecule has 4 aliphatic rings. The quantitative estimate of drug-likeness (QED) is 0.641. The van der Waals surface area contributed by atoms with Gasteiger partial charge in [0.15, 0.2) is 0 Å². The molecule has 3 aliphatic heterocycles. The third-order valence-electron chi connectivity index (χ3n) is 7.74. The van der Waals surface area contributed by atoms with E-state index in [4.69, 9.17) is 4.74 Å². The van der Waals surface area contributed by atoms with Crippen LogP contribution in [-0.4, -0.2) is 62.9 Å². The highest BCUT2D eigenvalue weighted by molar-refractivity contribution is 6.05. The van der Waals surface area contributed by atoms with Gasteiger partial charge < -0.3 is 19.1 Å². The molecule has 188 valence electrons. The summed E-state index contributed by atoms with van der Waals surface area (Å²) in [5.74, 6) is -1.16. The number of carbonyl (C=O) groups excluding carboxylic acids is 4. The summed E-state index contributed by atoms with van der Waals surface area (Å²) >= 11 is 0. The van der Waals surface area contributed by atoms with Crippen LogP contribution in [0.25, 0.3) is 0 Å². The number of rotatable bonds is 2. The summed E-state index contributed by atoms with van der Waals surface area (Å²) in [6.45, 7) is 7.03. The van der Waals surface area contributed by atoms with Gasteiger partial charge in [0.05, 0.1) is 12.1 Å². The van der Waals surface area contributed by atoms with E-state index in [-0.39, 0.29) is 54.3 Å². The number of carbonyl (C=O) groups is 4. The summed E-state index contributed by atoms with van der Waals surface area (Å²) in [6, 6.07) is 0.985. The van der Waals surface area contributed by atoms with Gasteiger partial charge in [-0.2, -0.15) is 0 Å². The van der Waals surface area contributed by atoms with Gasteiger partial charge >= 0.3 is 6.09 Å². The first-order valence-corrected chi connectivity index (χ1v) is 12.3. The zero-order valence-electron chi connectivity index (χ0n) is 20.5. The molecule has 1 aromatic heterocycles. The Hall–Kier alpha value is -3.17. The maximum atomic E-state index is 13.3. The lowest BCUT2D eigenvalue weighted by atomic mass is 9.67. The Morgan fingerprint density at radius 3 is 2.40 bits per heavy atom. The molecule has 1 N–H and O–H groups in total. The molecule has 4 amide bonds. The molecule has 0 radical (unpaired) electrons. The second kappa shape index (κ2) is 8.20. The van der Waals surface area contributed by atoms with Gasteiger partial charge in [-0.3, -0.25) is 24.5 Å². The highest BCUT2D eigenvalue weighted by Gasteiger charge is 2.48. The lowest BCUT2D eigenvalue weighted by Gasteiger charge is -2.53. The van der Waals surface area contributed by atoms with Gasteiger partial charge in [0.1, 0.15) is 11.6 Å². The minimum absolute atomic E-state index is 0.0359. The molecule has 3 fully saturated rings. The SMILES string of the molecule is CC(C)(C)OC(=O)N1CC2(CCC(n3ccc4c(c3=O)CN([C@H]3CCC(=O)NC3=O)C4=O)CC2)C1. The Balaban J connectivity index is 1.23. The van der Waals surface area contributed by atoms with Crippen molar-refractivity contribution in [3.63, 3.8) is 0 Å². The fourth-order valence-corrected chi connectivity index (χ4v) is 5.89. The standard InChI is InChI=1S/C25H32N4O6/c1-24(2,3)35-23(34)27-13-25(14-27)9-6-15(7-10-25)28-11-8-16-17(22(28)33)12-29(21(16)32)18-4-5-19(30)26-20(18)31/h8,11,15,18H,4-7,9-10,12-14H2,1-3H3,(H,26,30,31)/t18-/m0/s1. The number of nitrogens with zero attached hydrogens (tertiary/aromatic N) is 3. The monoisotopic (exact) mass is 484 g/mol. The molecular weight excluding hydrogens is 452 g/mol. The molecule has 1 saturated carbocycles. The van der Waals surface area contributed by atoms with E-state index in [1.807, 2.05) is 20.8 Å². The lowest BCUT2D eigenvalue weighted by Crippen LogP contribution is -2.60. The number of nitrogens with one attached hydrogen (secondary N) is 1. The van der Waals surface area contributed by atoms with Crippen LogP contribution in [0.15, 0.2) is 17.1 Å². The smallest absolute Gasteiger partial charge is 0.410 e. The van der Waals surface area contributed by atoms with Gasteiger partial charge in [-0.1, -0.05) is 0 Å². The van der Waals surface area contributed by atoms with E-state index in [0.29, 0.717) is 24.2 Å². The van der Waals surface area contributed by atoms with Crippen LogP contribution in [0.3, 0.4) is 0 Å². The summed E-state index contributed by atoms with van der Waals surface area (Å²) in [7, 11) is 0. The van der Waals surface area contributed by atoms with Gasteiger partial charge in [-0.25, -0.2) is 4.79 Å². The number of aromatic nitrogens is 1. The number of likely N-dealkylation sites (tertiary alicyclic amines) is 1. The van der Waals surface area contributed by atoms with Crippen LogP contribution in [0.1, 0.15) is 81.3 Å². The number of amides is 4. The summed E-state index contributed by atoms with van der Waals surface area (Å²) in [5, 5.41) is 2.28. The highest BCUT2D eigenvalue weighted by Crippen LogP contribution is 2.47. The first-order valence-electron chi connectivity index (χ1n) is 12.3. The minimum Gasteiger partial charge on any atom is -0.444 e. The van der Waals surface area contributed by atoms with Gasteiger partial charge in [0, 0.05) is 42.7 Å². The van der Waals surface area contributed by atoms with Crippen LogP contribution in [0.4, 0.5) is 4.79 Å². The number of imide groups is 1. The van der Waals surface area contributed by atoms with Crippen LogP contribution in [0.5, 0.6) is 0 Å². The van der Waals surface area contributed by atoms with Gasteiger partial charge in [0.25, 0.3) is 11.5 Å². The Labute approximate surface area is 203 Å². The zero-order valence-corrected chi connectivity index (χ0v) is 20.5. The van der Waals surface area contributed by atoms with Crippen molar-refractivity contribution in [1.29, 1.82) is 0 Å². The van der Waals surface area contributed by atoms with Crippen LogP contribution >= 0.6 is 0 Å². The fourth-order valence-electron chi connectivity index (χ4n) is 5.89. The van der Waals surface area contributed by atoms with E-state index in [0.717, 1.165) is 25.7 Å². The predicted molar refractivity (Wildman–Crippen MR) is 124 cm³/mol. The Bertz CT molecular complexity index is 1150. The number of ether oxygens (including phenoxy) is 1. The lowest BCUT2D eigenvalue weighted by molar-refractivity contribution is -0.136. The molecule has 0 bridgehead atoms. The maximum absolute atomic E-state index is 13.3. The van der Waals surface area contributed by atoms with Crippen molar-refractivity contribution in [1.82, 2.24) is 19.7 Å². The number of pyridine rings is 1. The molecule has 1 aromatic rings. The summed E-state index contributed by atoms with van der Waals surface area (Å²) < 4.78 is 7.20. The van der Waals surface area contributed by atoms with Gasteiger partial charge in [-0.05, 0) is 58.9 Å². The van der Waals surface area contributed by atoms with Crippen molar-refractivity contribution in [2.45, 2.75) is 83.5 Å². The molecule has 1 spiro atoms. The fraction of sp³-hybridized carbons (Fsp3) is 0.640. The minimum atomic E-state index is -0.735. The summed E-state index contributed by atoms with van der Waals surface area (Å²) in [6.07, 6.45) is 5.36. The van der Waals surface area contributed by atoms with E-state index >= 15 is 0 Å². The molecule has 1 atom stereocenters. The molecule has 10 nitrogen and oxygen atoms in total. The normalized spacial score (nSPS) is 24.3. The Morgan fingerprint density at radius 1 is 1.09 bits per heavy atom. The highest BCUT2D eigenvalue weighted by atomic mass is 16.6. The number of piperidine rings is 1. The number of fused-ring (bicyclic) bond motifs is 1. The Morgan fingerprint density at radius 2 is 1.77 bits per heavy atom. The van der Waals surface area contributed by atoms with Crippen LogP contribution < -0.4 is 10.9 Å². The molecule has 4 heterocycles. The number of hydrogen-bond donors (Lipinski definition) is 1. The average molecular weight is 485 g/mol. The molecule has 2 saturated heterocycles. The zero-order chi connectivity index (χ0) is 25.1. The third-order valence-corrected chi connectivity index (χ3v) is 7.74. The van der Waals surface area contributed by atoms with Gasteiger partial charge in [0.2, 0.25) is 11.8 Å². The van der Waals surface area contributed by atoms with Crippen molar-refractivity contribution >= 4 is 23.8 Å². The first kappa shape index (κ1) is 23.6. The van der Waals surface area contributed by atoms with Crippen LogP contribution in [0.2, 0.25) is 0 Å². The molecule has 10 heteroatoms. The topological polar surface area (TPSA) is 118 Å². The predicted octanol–water partition coefficient (Wildman–Crippen LogP) is 1.96. The largest absolute Gasteiger partial charge is 0.444 e. The molecule has 1 aliphatic carbocycles. The molecule has 0 unspecified atom stereocenters. The third kappa shape index (κ3) is 4.23. The van der Waals surface area contributed by atoms with E-state index in [1.54, 1.807) is 21.7 Å². The van der Waals surface area contributed by atoms with Crippen molar-refractivity contribution in [3.8, 4) is 0 Å². The molecule has 5 rings (SSSR count). The van der Waals surface area contributed by atoms with Crippen molar-refractivity contribution < 1.29 is 23.9 Å². The summed E-state index contributed by atoms with van der Waals surface area (Å²) in [4.78, 5) is 65.5. The van der Waals surface area contributed by atoms with Crippen LogP contribution in [0, 0.1) is 5.41 Å². The second-order valence-corrected chi connectivity index (χ2v) is 11.4. The van der Waals surface area contributed by atoms with Crippen LogP contribution in [-0.2, 0) is 20.9 Å². The van der Waals surface area contributed by atoms with Crippen molar-refractivity contribution in [2.24, 2.45) is 5.41 Å². The number of hydrogen-bond acceptors (Lipinski definition) is 6. The van der Waals surface area contributed by atoms with Gasteiger partial charge in [-0.15, -0.1) is 0 Å². The molecule has 0 aromatic carbocycles. The summed E-state index contributed by atoms with van der Waals surface area (Å²) in [5.41, 5.74) is 0.154. The molecule has 35 heavy (non-hydrogen) atoms.